The van der Waals surface area contributed by atoms with Crippen LogP contribution < -0.4 is 0 Å². The molecular formula is C90H112F11N9O. The van der Waals surface area contributed by atoms with Gasteiger partial charge >= 0.3 is 0 Å². The molecule has 3 fully saturated rings. The fraction of sp³-hybridized carbons (Fsp3) is 0.533. The van der Waals surface area contributed by atoms with Crippen LogP contribution in [0, 0.1) is 52.7 Å². The van der Waals surface area contributed by atoms with Crippen LogP contribution in [0.15, 0.2) is 109 Å². The molecule has 9 heterocycles. The number of H-pyrrole nitrogens is 3. The lowest BCUT2D eigenvalue weighted by Crippen LogP contribution is -2.49. The summed E-state index contributed by atoms with van der Waals surface area (Å²) in [5, 5.41) is 13.9. The van der Waals surface area contributed by atoms with Crippen LogP contribution in [0.4, 0.5) is 48.3 Å². The zero-order chi connectivity index (χ0) is 79.4. The molecule has 6 aromatic carbocycles. The maximum atomic E-state index is 15.9. The van der Waals surface area contributed by atoms with Gasteiger partial charge in [-0.2, -0.15) is 0 Å². The minimum Gasteiger partial charge on any atom is -0.388 e. The molecule has 0 aliphatic carbocycles. The number of hydrogen-bond donors (Lipinski definition) is 4. The number of benzene rings is 6. The number of likely N-dealkylation sites (tertiary alicyclic amines) is 3. The van der Waals surface area contributed by atoms with Gasteiger partial charge in [0.1, 0.15) is 64.3 Å². The maximum absolute atomic E-state index is 15.9. The van der Waals surface area contributed by atoms with Crippen LogP contribution in [-0.4, -0.2) is 163 Å². The molecule has 9 atom stereocenters. The second-order valence-electron chi connectivity index (χ2n) is 34.8. The molecule has 600 valence electrons. The molecule has 0 saturated carbocycles. The number of hydrogen-bond acceptors (Lipinski definition) is 7. The first-order valence-corrected chi connectivity index (χ1v) is 40.4. The number of nitrogens with zero attached hydrogens (tertiary/aromatic N) is 6. The molecule has 15 rings (SSSR count). The van der Waals surface area contributed by atoms with Crippen LogP contribution in [0.3, 0.4) is 0 Å². The van der Waals surface area contributed by atoms with Crippen LogP contribution in [-0.2, 0) is 19.3 Å². The van der Waals surface area contributed by atoms with E-state index in [1.807, 2.05) is 108 Å². The molecule has 4 N–H and O–H groups in total. The average Bonchev–Trinajstić information content (AvgIpc) is 1.64. The Bertz CT molecular complexity index is 4170. The van der Waals surface area contributed by atoms with Gasteiger partial charge in [0.25, 0.3) is 0 Å². The average molecular weight is 1540 g/mol. The summed E-state index contributed by atoms with van der Waals surface area (Å²) in [4.78, 5) is 22.3. The fourth-order valence-corrected chi connectivity index (χ4v) is 18.5. The molecule has 0 amide bonds. The Kier molecular flexibility index (Phi) is 24.6. The van der Waals surface area contributed by atoms with Crippen molar-refractivity contribution in [1.82, 2.24) is 44.4 Å². The van der Waals surface area contributed by atoms with Crippen LogP contribution in [0.2, 0.25) is 0 Å². The number of nitrogens with one attached hydrogen (secondary N) is 3. The van der Waals surface area contributed by atoms with Gasteiger partial charge in [0.2, 0.25) is 0 Å². The highest BCUT2D eigenvalue weighted by Crippen LogP contribution is 2.49. The highest BCUT2D eigenvalue weighted by atomic mass is 19.2. The normalized spacial score (nSPS) is 22.3. The molecule has 0 radical (unpaired) electrons. The summed E-state index contributed by atoms with van der Waals surface area (Å²) in [5.74, 6) is -5.13. The first-order chi connectivity index (χ1) is 52.7. The van der Waals surface area contributed by atoms with E-state index in [1.54, 1.807) is 0 Å². The van der Waals surface area contributed by atoms with Gasteiger partial charge in [0.05, 0.1) is 24.2 Å². The van der Waals surface area contributed by atoms with Gasteiger partial charge in [-0.05, 0) is 208 Å². The molecule has 1 unspecified atom stereocenters. The van der Waals surface area contributed by atoms with Gasteiger partial charge in [-0.3, -0.25) is 14.7 Å². The summed E-state index contributed by atoms with van der Waals surface area (Å²) < 4.78 is 170. The molecule has 3 aromatic heterocycles. The second-order valence-corrected chi connectivity index (χ2v) is 34.8. The first kappa shape index (κ1) is 81.9. The number of aromatic amines is 3. The summed E-state index contributed by atoms with van der Waals surface area (Å²) in [7, 11) is 0. The largest absolute Gasteiger partial charge is 0.388 e. The third-order valence-corrected chi connectivity index (χ3v) is 24.0. The molecule has 10 nitrogen and oxygen atoms in total. The summed E-state index contributed by atoms with van der Waals surface area (Å²) in [6.07, 6.45) is 4.63. The van der Waals surface area contributed by atoms with Gasteiger partial charge in [-0.25, -0.2) is 48.3 Å². The van der Waals surface area contributed by atoms with E-state index in [0.29, 0.717) is 62.5 Å². The SMILES string of the molecule is CCCCN1CC(C(O)c2cc(F)c([C@@H]3c4[nH]c5ccccc5c4C[C@@H](C)N3CC(C)(C)F)c(F)c2)C1.CCCCN1CC([C@@H](F)c2cc(F)c([C@@H]3c4[nH]c5ccccc5c4C[C@@H](C)N3CC(C)(C)F)c(F)c2)C1.CCCCN1CC([C@H](F)c2cc(F)c([C@@H]3c4[nH]c5ccccc5c4C[C@@H](C)N3CC(C)(C)F)c(F)c2)C1. The van der Waals surface area contributed by atoms with E-state index >= 15 is 35.1 Å². The van der Waals surface area contributed by atoms with Crippen molar-refractivity contribution in [3.8, 4) is 0 Å². The van der Waals surface area contributed by atoms with Crippen LogP contribution in [0.5, 0.6) is 0 Å². The minimum atomic E-state index is -1.57. The quantitative estimate of drug-likeness (QED) is 0.0449. The molecule has 0 spiro atoms. The van der Waals surface area contributed by atoms with E-state index in [9.17, 15) is 18.3 Å². The van der Waals surface area contributed by atoms with E-state index in [1.165, 1.54) is 53.7 Å². The standard InChI is InChI=1S/2C30H37F4N3.C30H38F3N3O/c2*1-5-6-11-36-15-20(16-36)27(33)19-13-23(31)26(24(32)14-19)29-28-22(21-9-7-8-10-25(21)35-28)12-18(2)37(29)17-30(3,4)34;1-5-6-11-35-15-20(16-35)29(37)19-13-23(31)26(24(32)14-19)28-27-22(21-9-7-8-10-25(21)34-27)12-18(2)36(28)17-30(3,4)33/h2*7-10,13-14,18,20,27,29,35H,5-6,11-12,15-17H2,1-4H3;7-10,13-14,18,20,28-29,34,37H,5-6,11-12,15-17H2,1-4H3/t18-,27+,29-;18-,27-,29-;18-,28-,29?/m111/s1. The molecule has 0 bridgehead atoms. The number of halogens is 11. The Morgan fingerprint density at radius 2 is 0.649 bits per heavy atom. The van der Waals surface area contributed by atoms with Crippen molar-refractivity contribution in [2.24, 2.45) is 17.8 Å². The van der Waals surface area contributed by atoms with E-state index in [0.717, 1.165) is 145 Å². The zero-order valence-corrected chi connectivity index (χ0v) is 66.5. The van der Waals surface area contributed by atoms with Crippen molar-refractivity contribution in [1.29, 1.82) is 0 Å². The number of unbranched alkanes of at least 4 members (excludes halogenated alkanes) is 3. The van der Waals surface area contributed by atoms with Crippen molar-refractivity contribution >= 4 is 32.7 Å². The van der Waals surface area contributed by atoms with E-state index in [4.69, 9.17) is 0 Å². The van der Waals surface area contributed by atoms with E-state index in [-0.39, 0.29) is 88.9 Å². The highest BCUT2D eigenvalue weighted by Gasteiger charge is 2.47. The summed E-state index contributed by atoms with van der Waals surface area (Å²) >= 11 is 0. The van der Waals surface area contributed by atoms with Crippen molar-refractivity contribution in [3.63, 3.8) is 0 Å². The Hall–Kier alpha value is -7.11. The smallest absolute Gasteiger partial charge is 0.131 e. The Balaban J connectivity index is 0.000000146. The van der Waals surface area contributed by atoms with Gasteiger partial charge in [-0.15, -0.1) is 0 Å². The molecule has 6 aliphatic rings. The third kappa shape index (κ3) is 17.5. The van der Waals surface area contributed by atoms with Gasteiger partial charge in [0, 0.05) is 161 Å². The van der Waals surface area contributed by atoms with Gasteiger partial charge in [0.15, 0.2) is 0 Å². The highest BCUT2D eigenvalue weighted by molar-refractivity contribution is 5.87. The maximum Gasteiger partial charge on any atom is 0.131 e. The number of fused-ring (bicyclic) bond motifs is 9. The monoisotopic (exact) mass is 1540 g/mol. The predicted octanol–water partition coefficient (Wildman–Crippen LogP) is 20.8. The van der Waals surface area contributed by atoms with Crippen molar-refractivity contribution in [2.45, 2.75) is 213 Å². The molecule has 111 heavy (non-hydrogen) atoms. The topological polar surface area (TPSA) is 87.0 Å². The minimum absolute atomic E-state index is 0.00960. The van der Waals surface area contributed by atoms with Crippen molar-refractivity contribution in [2.75, 3.05) is 78.5 Å². The molecule has 9 aromatic rings. The summed E-state index contributed by atoms with van der Waals surface area (Å²) in [6, 6.07) is 27.6. The Morgan fingerprint density at radius 3 is 0.910 bits per heavy atom. The first-order valence-electron chi connectivity index (χ1n) is 40.4. The summed E-state index contributed by atoms with van der Waals surface area (Å²) in [5.41, 5.74) is 2.97. The molecular weight excluding hydrogens is 1430 g/mol. The third-order valence-electron chi connectivity index (χ3n) is 24.0. The zero-order valence-electron chi connectivity index (χ0n) is 66.5. The summed E-state index contributed by atoms with van der Waals surface area (Å²) in [6.45, 7) is 27.9. The lowest BCUT2D eigenvalue weighted by atomic mass is 9.85. The van der Waals surface area contributed by atoms with Crippen LogP contribution in [0.25, 0.3) is 32.7 Å². The Labute approximate surface area is 647 Å². The van der Waals surface area contributed by atoms with E-state index in [2.05, 4.69) is 50.4 Å². The van der Waals surface area contributed by atoms with Crippen molar-refractivity contribution < 1.29 is 53.4 Å². The molecule has 3 saturated heterocycles. The number of aliphatic hydroxyl groups is 1. The lowest BCUT2D eigenvalue weighted by Gasteiger charge is -2.43. The number of aliphatic hydroxyl groups excluding tert-OH is 1. The van der Waals surface area contributed by atoms with E-state index < -0.39 is 88.5 Å². The number of aromatic nitrogens is 3. The van der Waals surface area contributed by atoms with Crippen molar-refractivity contribution in [3.05, 3.63) is 211 Å². The van der Waals surface area contributed by atoms with Gasteiger partial charge < -0.3 is 34.8 Å². The fourth-order valence-electron chi connectivity index (χ4n) is 18.5. The Morgan fingerprint density at radius 1 is 0.396 bits per heavy atom. The molecule has 21 heteroatoms. The predicted molar refractivity (Wildman–Crippen MR) is 422 cm³/mol. The van der Waals surface area contributed by atoms with Crippen LogP contribution in [0.1, 0.15) is 225 Å². The molecule has 6 aliphatic heterocycles. The van der Waals surface area contributed by atoms with Crippen LogP contribution >= 0.6 is 0 Å². The number of rotatable bonds is 24. The number of alkyl halides is 5. The van der Waals surface area contributed by atoms with Gasteiger partial charge in [-0.1, -0.05) is 94.6 Å². The number of para-hydroxylation sites is 3. The lowest BCUT2D eigenvalue weighted by molar-refractivity contribution is -0.00583. The second kappa shape index (κ2) is 33.4.